The number of amides is 1. The van der Waals surface area contributed by atoms with Crippen LogP contribution < -0.4 is 10.3 Å². The van der Waals surface area contributed by atoms with Crippen molar-refractivity contribution < 1.29 is 18.5 Å². The smallest absolute Gasteiger partial charge is 0.296 e. The van der Waals surface area contributed by atoms with Crippen LogP contribution >= 0.6 is 11.6 Å². The largest absolute Gasteiger partial charge is 0.450 e. The maximum atomic E-state index is 13.8. The van der Waals surface area contributed by atoms with E-state index in [4.69, 9.17) is 16.0 Å². The topological polar surface area (TPSA) is 107 Å². The van der Waals surface area contributed by atoms with Gasteiger partial charge in [0.05, 0.1) is 26.9 Å². The molecule has 0 fully saturated rings. The molecule has 1 amide bonds. The van der Waals surface area contributed by atoms with E-state index in [9.17, 15) is 24.1 Å². The predicted molar refractivity (Wildman–Crippen MR) is 113 cm³/mol. The predicted octanol–water partition coefficient (Wildman–Crippen LogP) is 4.64. The van der Waals surface area contributed by atoms with Crippen molar-refractivity contribution in [1.82, 2.24) is 4.98 Å². The first-order valence-electron chi connectivity index (χ1n) is 9.31. The summed E-state index contributed by atoms with van der Waals surface area (Å²) >= 11 is 5.92. The molecule has 4 aromatic rings. The second kappa shape index (κ2) is 7.24. The Balaban J connectivity index is 1.82. The van der Waals surface area contributed by atoms with Gasteiger partial charge in [0.25, 0.3) is 11.6 Å². The molecule has 1 atom stereocenters. The van der Waals surface area contributed by atoms with Crippen LogP contribution in [0.4, 0.5) is 15.9 Å². The highest BCUT2D eigenvalue weighted by Gasteiger charge is 2.44. The molecule has 0 saturated heterocycles. The van der Waals surface area contributed by atoms with Crippen LogP contribution in [0.5, 0.6) is 0 Å². The van der Waals surface area contributed by atoms with Gasteiger partial charge in [-0.05, 0) is 35.9 Å². The fourth-order valence-corrected chi connectivity index (χ4v) is 3.93. The maximum absolute atomic E-state index is 13.8. The fraction of sp³-hybridized carbons (Fsp3) is 0.0455. The van der Waals surface area contributed by atoms with E-state index in [1.807, 2.05) is 0 Å². The number of nitro benzene ring substituents is 1. The second-order valence-corrected chi connectivity index (χ2v) is 7.52. The Morgan fingerprint density at radius 3 is 2.66 bits per heavy atom. The highest BCUT2D eigenvalue weighted by Crippen LogP contribution is 2.41. The number of benzene rings is 2. The first kappa shape index (κ1) is 19.8. The minimum absolute atomic E-state index is 0.0436. The van der Waals surface area contributed by atoms with Crippen LogP contribution in [0, 0.1) is 15.9 Å². The summed E-state index contributed by atoms with van der Waals surface area (Å²) in [7, 11) is 0. The van der Waals surface area contributed by atoms with Gasteiger partial charge >= 0.3 is 0 Å². The van der Waals surface area contributed by atoms with Gasteiger partial charge in [0.15, 0.2) is 5.43 Å². The van der Waals surface area contributed by atoms with Gasteiger partial charge in [-0.15, -0.1) is 0 Å². The number of rotatable bonds is 3. The minimum Gasteiger partial charge on any atom is -0.450 e. The Morgan fingerprint density at radius 2 is 1.94 bits per heavy atom. The summed E-state index contributed by atoms with van der Waals surface area (Å²) in [6.45, 7) is 0. The molecule has 158 valence electrons. The van der Waals surface area contributed by atoms with Gasteiger partial charge in [-0.2, -0.15) is 0 Å². The number of aromatic nitrogens is 1. The first-order chi connectivity index (χ1) is 15.3. The molecule has 1 unspecified atom stereocenters. The quantitative estimate of drug-likeness (QED) is 0.332. The fourth-order valence-electron chi connectivity index (χ4n) is 3.82. The third kappa shape index (κ3) is 3.02. The lowest BCUT2D eigenvalue weighted by Gasteiger charge is -2.24. The van der Waals surface area contributed by atoms with E-state index < -0.39 is 28.1 Å². The van der Waals surface area contributed by atoms with E-state index in [2.05, 4.69) is 4.98 Å². The van der Waals surface area contributed by atoms with Gasteiger partial charge in [-0.1, -0.05) is 23.7 Å². The lowest BCUT2D eigenvalue weighted by Crippen LogP contribution is -2.30. The zero-order valence-electron chi connectivity index (χ0n) is 16.0. The highest BCUT2D eigenvalue weighted by molar-refractivity contribution is 6.30. The molecule has 2 aromatic carbocycles. The number of pyridine rings is 1. The summed E-state index contributed by atoms with van der Waals surface area (Å²) in [6, 6.07) is 10.9. The second-order valence-electron chi connectivity index (χ2n) is 7.08. The van der Waals surface area contributed by atoms with Crippen molar-refractivity contribution in [1.29, 1.82) is 0 Å². The molecule has 1 aliphatic rings. The van der Waals surface area contributed by atoms with E-state index in [1.54, 1.807) is 6.07 Å². The van der Waals surface area contributed by atoms with Crippen molar-refractivity contribution in [3.05, 3.63) is 109 Å². The number of halogens is 2. The van der Waals surface area contributed by atoms with Gasteiger partial charge in [-0.25, -0.2) is 9.37 Å². The molecule has 8 nitrogen and oxygen atoms in total. The normalized spacial score (nSPS) is 15.2. The van der Waals surface area contributed by atoms with Gasteiger partial charge < -0.3 is 4.42 Å². The Morgan fingerprint density at radius 1 is 1.12 bits per heavy atom. The summed E-state index contributed by atoms with van der Waals surface area (Å²) in [5.41, 5.74) is -0.533. The molecule has 0 spiro atoms. The van der Waals surface area contributed by atoms with Crippen LogP contribution in [0.25, 0.3) is 11.0 Å². The minimum atomic E-state index is -1.07. The lowest BCUT2D eigenvalue weighted by molar-refractivity contribution is -0.384. The SMILES string of the molecule is O=C1c2oc3ccc(F)cc3c(=O)c2C(c2cccc([N+](=O)[O-])c2)N1c1ccc(Cl)cn1. The Hall–Kier alpha value is -4.11. The first-order valence-corrected chi connectivity index (χ1v) is 9.68. The summed E-state index contributed by atoms with van der Waals surface area (Å²) in [5.74, 6) is -1.37. The van der Waals surface area contributed by atoms with Crippen LogP contribution in [-0.2, 0) is 0 Å². The van der Waals surface area contributed by atoms with Crippen molar-refractivity contribution in [3.63, 3.8) is 0 Å². The summed E-state index contributed by atoms with van der Waals surface area (Å²) in [6.07, 6.45) is 1.33. The summed E-state index contributed by atoms with van der Waals surface area (Å²) in [5, 5.41) is 11.6. The molecule has 0 N–H and O–H groups in total. The van der Waals surface area contributed by atoms with Crippen LogP contribution in [-0.4, -0.2) is 15.8 Å². The van der Waals surface area contributed by atoms with Crippen molar-refractivity contribution >= 4 is 40.0 Å². The third-order valence-corrected chi connectivity index (χ3v) is 5.41. The number of carbonyl (C=O) groups is 1. The zero-order chi connectivity index (χ0) is 22.6. The third-order valence-electron chi connectivity index (χ3n) is 5.19. The van der Waals surface area contributed by atoms with Crippen molar-refractivity contribution in [2.75, 3.05) is 4.90 Å². The number of fused-ring (bicyclic) bond motifs is 2. The molecule has 10 heteroatoms. The van der Waals surface area contributed by atoms with Crippen LogP contribution in [0.1, 0.15) is 27.7 Å². The van der Waals surface area contributed by atoms with Crippen molar-refractivity contribution in [2.45, 2.75) is 6.04 Å². The van der Waals surface area contributed by atoms with E-state index in [-0.39, 0.29) is 33.8 Å². The molecular formula is C22H11ClFN3O5. The number of non-ortho nitro benzene ring substituents is 1. The van der Waals surface area contributed by atoms with E-state index in [1.165, 1.54) is 47.5 Å². The Labute approximate surface area is 183 Å². The van der Waals surface area contributed by atoms with Crippen LogP contribution in [0.15, 0.2) is 70.0 Å². The highest BCUT2D eigenvalue weighted by atomic mass is 35.5. The molecule has 0 bridgehead atoms. The van der Waals surface area contributed by atoms with E-state index >= 15 is 0 Å². The molecule has 0 radical (unpaired) electrons. The molecule has 5 rings (SSSR count). The molecule has 3 heterocycles. The molecule has 2 aromatic heterocycles. The molecular weight excluding hydrogens is 441 g/mol. The number of hydrogen-bond donors (Lipinski definition) is 0. The number of nitrogens with zero attached hydrogens (tertiary/aromatic N) is 3. The molecule has 32 heavy (non-hydrogen) atoms. The summed E-state index contributed by atoms with van der Waals surface area (Å²) < 4.78 is 19.5. The van der Waals surface area contributed by atoms with Gasteiger partial charge in [0.2, 0.25) is 5.76 Å². The Kier molecular flexibility index (Phi) is 4.49. The van der Waals surface area contributed by atoms with E-state index in [0.29, 0.717) is 10.6 Å². The molecule has 0 saturated carbocycles. The molecule has 0 aliphatic carbocycles. The lowest BCUT2D eigenvalue weighted by atomic mass is 9.98. The average Bonchev–Trinajstić information content (AvgIpc) is 3.07. The van der Waals surface area contributed by atoms with Crippen LogP contribution in [0.3, 0.4) is 0 Å². The van der Waals surface area contributed by atoms with Gasteiger partial charge in [-0.3, -0.25) is 24.6 Å². The van der Waals surface area contributed by atoms with Crippen LogP contribution in [0.2, 0.25) is 5.02 Å². The average molecular weight is 452 g/mol. The molecule has 1 aliphatic heterocycles. The van der Waals surface area contributed by atoms with Gasteiger partial charge in [0, 0.05) is 18.3 Å². The maximum Gasteiger partial charge on any atom is 0.296 e. The monoisotopic (exact) mass is 451 g/mol. The van der Waals surface area contributed by atoms with Gasteiger partial charge in [0.1, 0.15) is 17.2 Å². The van der Waals surface area contributed by atoms with Crippen molar-refractivity contribution in [3.8, 4) is 0 Å². The number of anilines is 1. The Bertz CT molecular complexity index is 1490. The number of hydrogen-bond acceptors (Lipinski definition) is 6. The zero-order valence-corrected chi connectivity index (χ0v) is 16.7. The van der Waals surface area contributed by atoms with E-state index in [0.717, 1.165) is 12.1 Å². The standard InChI is InChI=1S/C22H11ClFN3O5/c23-12-4-7-17(25-10-12)26-19(11-2-1-3-14(8-11)27(30)31)18-20(28)15-9-13(24)5-6-16(15)32-21(18)22(26)29/h1-10,19H. The number of carbonyl (C=O) groups excluding carboxylic acids is 1. The van der Waals surface area contributed by atoms with Crippen molar-refractivity contribution in [2.24, 2.45) is 0 Å². The number of nitro groups is 1. The summed E-state index contributed by atoms with van der Waals surface area (Å²) in [4.78, 5) is 42.9.